The van der Waals surface area contributed by atoms with Crippen molar-refractivity contribution < 1.29 is 9.53 Å². The van der Waals surface area contributed by atoms with Gasteiger partial charge >= 0.3 is 6.09 Å². The SMILES string of the molecule is CN(c1ncnc2[nH]ccc12)C1CC(NC(=O)OCc2ccccc2)C1. The van der Waals surface area contributed by atoms with E-state index in [1.54, 1.807) is 6.33 Å². The fourth-order valence-electron chi connectivity index (χ4n) is 3.27. The van der Waals surface area contributed by atoms with Gasteiger partial charge in [-0.3, -0.25) is 0 Å². The molecule has 3 aromatic rings. The Morgan fingerprint density at radius 3 is 2.88 bits per heavy atom. The lowest BCUT2D eigenvalue weighted by Gasteiger charge is -2.41. The van der Waals surface area contributed by atoms with Gasteiger partial charge in [-0.25, -0.2) is 14.8 Å². The number of hydrogen-bond donors (Lipinski definition) is 2. The topological polar surface area (TPSA) is 83.1 Å². The number of H-pyrrole nitrogens is 1. The third kappa shape index (κ3) is 3.33. The molecule has 1 saturated carbocycles. The molecule has 7 heteroatoms. The van der Waals surface area contributed by atoms with Crippen LogP contribution in [-0.2, 0) is 11.3 Å². The van der Waals surface area contributed by atoms with E-state index in [-0.39, 0.29) is 18.7 Å². The standard InChI is InChI=1S/C19H21N5O2/c1-24(18-16-7-8-20-17(16)21-12-22-18)15-9-14(10-15)23-19(25)26-11-13-5-3-2-4-6-13/h2-8,12,14-15H,9-11H2,1H3,(H,23,25)(H,20,21,22). The summed E-state index contributed by atoms with van der Waals surface area (Å²) in [5.41, 5.74) is 1.81. The quantitative estimate of drug-likeness (QED) is 0.738. The molecule has 0 atom stereocenters. The number of aromatic amines is 1. The molecule has 0 aliphatic heterocycles. The number of alkyl carbamates (subject to hydrolysis) is 1. The molecule has 1 fully saturated rings. The molecule has 2 aromatic heterocycles. The largest absolute Gasteiger partial charge is 0.445 e. The number of aromatic nitrogens is 3. The molecule has 0 unspecified atom stereocenters. The summed E-state index contributed by atoms with van der Waals surface area (Å²) in [5, 5.41) is 3.94. The van der Waals surface area contributed by atoms with Gasteiger partial charge < -0.3 is 19.9 Å². The van der Waals surface area contributed by atoms with Crippen molar-refractivity contribution in [2.75, 3.05) is 11.9 Å². The summed E-state index contributed by atoms with van der Waals surface area (Å²) >= 11 is 0. The van der Waals surface area contributed by atoms with E-state index < -0.39 is 0 Å². The van der Waals surface area contributed by atoms with Gasteiger partial charge in [0, 0.05) is 25.3 Å². The van der Waals surface area contributed by atoms with Gasteiger partial charge in [0.25, 0.3) is 0 Å². The average molecular weight is 351 g/mol. The lowest BCUT2D eigenvalue weighted by molar-refractivity contribution is 0.127. The van der Waals surface area contributed by atoms with Crippen LogP contribution in [0.1, 0.15) is 18.4 Å². The third-order valence-corrected chi connectivity index (χ3v) is 4.86. The number of rotatable bonds is 5. The van der Waals surface area contributed by atoms with E-state index in [1.165, 1.54) is 0 Å². The summed E-state index contributed by atoms with van der Waals surface area (Å²) in [4.78, 5) is 25.8. The van der Waals surface area contributed by atoms with Crippen LogP contribution in [0.3, 0.4) is 0 Å². The van der Waals surface area contributed by atoms with Crippen molar-refractivity contribution >= 4 is 22.9 Å². The number of hydrogen-bond acceptors (Lipinski definition) is 5. The van der Waals surface area contributed by atoms with Crippen molar-refractivity contribution in [1.29, 1.82) is 0 Å². The maximum atomic E-state index is 11.9. The molecule has 26 heavy (non-hydrogen) atoms. The van der Waals surface area contributed by atoms with Gasteiger partial charge in [-0.2, -0.15) is 0 Å². The summed E-state index contributed by atoms with van der Waals surface area (Å²) in [7, 11) is 2.03. The van der Waals surface area contributed by atoms with E-state index >= 15 is 0 Å². The van der Waals surface area contributed by atoms with Crippen molar-refractivity contribution in [2.45, 2.75) is 31.5 Å². The Balaban J connectivity index is 1.27. The first-order valence-electron chi connectivity index (χ1n) is 8.69. The van der Waals surface area contributed by atoms with Crippen molar-refractivity contribution in [3.63, 3.8) is 0 Å². The number of fused-ring (bicyclic) bond motifs is 1. The zero-order valence-electron chi connectivity index (χ0n) is 14.6. The highest BCUT2D eigenvalue weighted by Crippen LogP contribution is 2.31. The summed E-state index contributed by atoms with van der Waals surface area (Å²) in [6.45, 7) is 0.287. The molecule has 2 N–H and O–H groups in total. The Labute approximate surface area is 151 Å². The highest BCUT2D eigenvalue weighted by Gasteiger charge is 2.34. The Morgan fingerprint density at radius 1 is 1.27 bits per heavy atom. The Kier molecular flexibility index (Phi) is 4.43. The summed E-state index contributed by atoms with van der Waals surface area (Å²) in [6.07, 6.45) is 4.81. The number of amides is 1. The smallest absolute Gasteiger partial charge is 0.407 e. The molecule has 0 spiro atoms. The van der Waals surface area contributed by atoms with Gasteiger partial charge in [-0.1, -0.05) is 30.3 Å². The number of carbonyl (C=O) groups is 1. The lowest BCUT2D eigenvalue weighted by Crippen LogP contribution is -2.53. The summed E-state index contributed by atoms with van der Waals surface area (Å²) < 4.78 is 5.27. The van der Waals surface area contributed by atoms with E-state index in [4.69, 9.17) is 4.74 Å². The van der Waals surface area contributed by atoms with Gasteiger partial charge in [0.1, 0.15) is 24.4 Å². The number of nitrogens with zero attached hydrogens (tertiary/aromatic N) is 3. The van der Waals surface area contributed by atoms with Gasteiger partial charge in [-0.15, -0.1) is 0 Å². The van der Waals surface area contributed by atoms with Crippen LogP contribution in [0.4, 0.5) is 10.6 Å². The van der Waals surface area contributed by atoms with Crippen molar-refractivity contribution in [3.8, 4) is 0 Å². The minimum Gasteiger partial charge on any atom is -0.445 e. The zero-order chi connectivity index (χ0) is 17.9. The van der Waals surface area contributed by atoms with E-state index in [2.05, 4.69) is 25.2 Å². The predicted molar refractivity (Wildman–Crippen MR) is 98.9 cm³/mol. The molecule has 1 aliphatic rings. The van der Waals surface area contributed by atoms with Crippen LogP contribution in [-0.4, -0.2) is 40.2 Å². The fraction of sp³-hybridized carbons (Fsp3) is 0.316. The first kappa shape index (κ1) is 16.4. The molecule has 1 amide bonds. The number of nitrogens with one attached hydrogen (secondary N) is 2. The van der Waals surface area contributed by atoms with Crippen LogP contribution in [0.5, 0.6) is 0 Å². The van der Waals surface area contributed by atoms with Gasteiger partial charge in [0.05, 0.1) is 5.39 Å². The first-order valence-corrected chi connectivity index (χ1v) is 8.69. The normalized spacial score (nSPS) is 19.0. The lowest BCUT2D eigenvalue weighted by atomic mass is 9.85. The van der Waals surface area contributed by atoms with Crippen LogP contribution >= 0.6 is 0 Å². The molecule has 1 aliphatic carbocycles. The maximum Gasteiger partial charge on any atom is 0.407 e. The molecular formula is C19H21N5O2. The van der Waals surface area contributed by atoms with E-state index in [0.717, 1.165) is 35.3 Å². The van der Waals surface area contributed by atoms with Crippen molar-refractivity contribution in [2.24, 2.45) is 0 Å². The summed E-state index contributed by atoms with van der Waals surface area (Å²) in [5.74, 6) is 0.909. The van der Waals surface area contributed by atoms with Crippen LogP contribution in [0.25, 0.3) is 11.0 Å². The molecule has 7 nitrogen and oxygen atoms in total. The van der Waals surface area contributed by atoms with Crippen LogP contribution in [0, 0.1) is 0 Å². The third-order valence-electron chi connectivity index (χ3n) is 4.86. The van der Waals surface area contributed by atoms with Crippen LogP contribution in [0.2, 0.25) is 0 Å². The van der Waals surface area contributed by atoms with Gasteiger partial charge in [0.2, 0.25) is 0 Å². The second kappa shape index (κ2) is 7.03. The summed E-state index contributed by atoms with van der Waals surface area (Å²) in [6, 6.07) is 12.1. The molecular weight excluding hydrogens is 330 g/mol. The second-order valence-electron chi connectivity index (χ2n) is 6.58. The van der Waals surface area contributed by atoms with Gasteiger partial charge in [-0.05, 0) is 24.5 Å². The number of ether oxygens (including phenoxy) is 1. The Bertz CT molecular complexity index is 889. The minimum atomic E-state index is -0.366. The molecule has 134 valence electrons. The highest BCUT2D eigenvalue weighted by molar-refractivity contribution is 5.87. The maximum absolute atomic E-state index is 11.9. The predicted octanol–water partition coefficient (Wildman–Crippen LogP) is 2.85. The van der Waals surface area contributed by atoms with Crippen molar-refractivity contribution in [1.82, 2.24) is 20.3 Å². The van der Waals surface area contributed by atoms with Crippen molar-refractivity contribution in [3.05, 3.63) is 54.5 Å². The zero-order valence-corrected chi connectivity index (χ0v) is 14.6. The Morgan fingerprint density at radius 2 is 2.08 bits per heavy atom. The minimum absolute atomic E-state index is 0.134. The first-order chi connectivity index (χ1) is 12.7. The molecule has 4 rings (SSSR count). The fourth-order valence-corrected chi connectivity index (χ4v) is 3.27. The van der Waals surface area contributed by atoms with E-state index in [0.29, 0.717) is 6.04 Å². The van der Waals surface area contributed by atoms with Gasteiger partial charge in [0.15, 0.2) is 0 Å². The molecule has 0 saturated heterocycles. The monoisotopic (exact) mass is 351 g/mol. The second-order valence-corrected chi connectivity index (χ2v) is 6.58. The molecule has 0 bridgehead atoms. The molecule has 2 heterocycles. The van der Waals surface area contributed by atoms with E-state index in [9.17, 15) is 4.79 Å². The average Bonchev–Trinajstić information content (AvgIpc) is 3.12. The Hall–Kier alpha value is -3.09. The highest BCUT2D eigenvalue weighted by atomic mass is 16.5. The number of carbonyl (C=O) groups excluding carboxylic acids is 1. The van der Waals surface area contributed by atoms with Crippen LogP contribution in [0.15, 0.2) is 48.9 Å². The number of anilines is 1. The molecule has 0 radical (unpaired) electrons. The number of benzene rings is 1. The molecule has 1 aromatic carbocycles. The van der Waals surface area contributed by atoms with E-state index in [1.807, 2.05) is 49.6 Å². The van der Waals surface area contributed by atoms with Crippen LogP contribution < -0.4 is 10.2 Å².